The summed E-state index contributed by atoms with van der Waals surface area (Å²) in [5.74, 6) is 4.08. The van der Waals surface area contributed by atoms with Crippen LogP contribution in [0.2, 0.25) is 0 Å². The van der Waals surface area contributed by atoms with Crippen LogP contribution < -0.4 is 0 Å². The lowest BCUT2D eigenvalue weighted by Gasteiger charge is -2.10. The van der Waals surface area contributed by atoms with E-state index in [0.717, 1.165) is 16.7 Å². The van der Waals surface area contributed by atoms with Crippen LogP contribution >= 0.6 is 11.8 Å². The van der Waals surface area contributed by atoms with Crippen molar-refractivity contribution in [3.63, 3.8) is 0 Å². The summed E-state index contributed by atoms with van der Waals surface area (Å²) in [5.41, 5.74) is 2.30. The molecule has 0 amide bonds. The Morgan fingerprint density at radius 1 is 1.29 bits per heavy atom. The van der Waals surface area contributed by atoms with Crippen LogP contribution in [0.1, 0.15) is 11.4 Å². The lowest BCUT2D eigenvalue weighted by molar-refractivity contribution is 0.863. The van der Waals surface area contributed by atoms with Gasteiger partial charge >= 0.3 is 0 Å². The van der Waals surface area contributed by atoms with Crippen LogP contribution in [0.15, 0.2) is 29.4 Å². The van der Waals surface area contributed by atoms with Crippen molar-refractivity contribution in [2.45, 2.75) is 19.0 Å². The second-order valence-electron chi connectivity index (χ2n) is 3.64. The minimum absolute atomic E-state index is 0.601. The van der Waals surface area contributed by atoms with Crippen molar-refractivity contribution in [1.82, 2.24) is 14.8 Å². The highest BCUT2D eigenvalue weighted by atomic mass is 32.2. The number of benzene rings is 1. The third-order valence-electron chi connectivity index (χ3n) is 2.44. The summed E-state index contributed by atoms with van der Waals surface area (Å²) >= 11 is 1.52. The summed E-state index contributed by atoms with van der Waals surface area (Å²) in [6, 6.07) is 8.17. The zero-order valence-corrected chi connectivity index (χ0v) is 10.7. The summed E-state index contributed by atoms with van der Waals surface area (Å²) in [4.78, 5) is 0. The predicted octanol–water partition coefficient (Wildman–Crippen LogP) is 2.61. The molecule has 0 aliphatic heterocycles. The molecule has 0 atom stereocenters. The van der Waals surface area contributed by atoms with Crippen molar-refractivity contribution >= 4 is 11.8 Å². The van der Waals surface area contributed by atoms with Crippen molar-refractivity contribution in [2.75, 3.05) is 5.75 Å². The molecule has 0 spiro atoms. The highest BCUT2D eigenvalue weighted by Crippen LogP contribution is 2.23. The minimum Gasteiger partial charge on any atom is -0.274 e. The van der Waals surface area contributed by atoms with E-state index in [9.17, 15) is 0 Å². The molecule has 2 aromatic rings. The molecule has 0 saturated carbocycles. The van der Waals surface area contributed by atoms with E-state index in [-0.39, 0.29) is 0 Å². The van der Waals surface area contributed by atoms with Gasteiger partial charge in [0, 0.05) is 0 Å². The lowest BCUT2D eigenvalue weighted by atomic mass is 10.2. The van der Waals surface area contributed by atoms with Gasteiger partial charge in [0.25, 0.3) is 0 Å². The fourth-order valence-corrected chi connectivity index (χ4v) is 2.30. The molecule has 2 rings (SSSR count). The van der Waals surface area contributed by atoms with Gasteiger partial charge < -0.3 is 0 Å². The van der Waals surface area contributed by atoms with Crippen LogP contribution in [-0.2, 0) is 0 Å². The van der Waals surface area contributed by atoms with E-state index in [1.165, 1.54) is 17.3 Å². The summed E-state index contributed by atoms with van der Waals surface area (Å²) in [6.45, 7) is 4.02. The molecule has 0 N–H and O–H groups in total. The van der Waals surface area contributed by atoms with E-state index in [1.807, 2.05) is 23.6 Å². The zero-order valence-electron chi connectivity index (χ0n) is 9.84. The van der Waals surface area contributed by atoms with E-state index < -0.39 is 0 Å². The fraction of sp³-hybridized carbons (Fsp3) is 0.231. The van der Waals surface area contributed by atoms with Crippen LogP contribution in [0.25, 0.3) is 5.69 Å². The first kappa shape index (κ1) is 11.7. The fourth-order valence-electron chi connectivity index (χ4n) is 1.63. The first-order chi connectivity index (χ1) is 8.24. The Balaban J connectivity index is 2.48. The van der Waals surface area contributed by atoms with Gasteiger partial charge in [-0.2, -0.15) is 0 Å². The van der Waals surface area contributed by atoms with Gasteiger partial charge in [0.05, 0.1) is 11.4 Å². The zero-order chi connectivity index (χ0) is 12.3. The van der Waals surface area contributed by atoms with E-state index in [0.29, 0.717) is 5.75 Å². The first-order valence-corrected chi connectivity index (χ1v) is 6.27. The molecular formula is C13H13N3S. The van der Waals surface area contributed by atoms with Gasteiger partial charge in [-0.25, -0.2) is 0 Å². The van der Waals surface area contributed by atoms with Crippen molar-refractivity contribution in [3.8, 4) is 18.0 Å². The summed E-state index contributed by atoms with van der Waals surface area (Å²) in [6.07, 6.45) is 5.27. The van der Waals surface area contributed by atoms with E-state index in [4.69, 9.17) is 6.42 Å². The Bertz CT molecular complexity index is 566. The number of hydrogen-bond acceptors (Lipinski definition) is 3. The van der Waals surface area contributed by atoms with Gasteiger partial charge in [-0.1, -0.05) is 35.9 Å². The molecule has 4 heteroatoms. The number of aromatic nitrogens is 3. The molecule has 0 unspecified atom stereocenters. The molecule has 0 saturated heterocycles. The second kappa shape index (κ2) is 5.07. The molecule has 86 valence electrons. The monoisotopic (exact) mass is 243 g/mol. The van der Waals surface area contributed by atoms with Crippen molar-refractivity contribution in [3.05, 3.63) is 35.7 Å². The van der Waals surface area contributed by atoms with Crippen LogP contribution in [-0.4, -0.2) is 20.5 Å². The number of hydrogen-bond donors (Lipinski definition) is 0. The Morgan fingerprint density at radius 3 is 2.76 bits per heavy atom. The van der Waals surface area contributed by atoms with Crippen LogP contribution in [0.3, 0.4) is 0 Å². The average Bonchev–Trinajstić information content (AvgIpc) is 2.69. The van der Waals surface area contributed by atoms with Crippen LogP contribution in [0, 0.1) is 26.2 Å². The Kier molecular flexibility index (Phi) is 3.50. The highest BCUT2D eigenvalue weighted by molar-refractivity contribution is 7.99. The minimum atomic E-state index is 0.601. The molecule has 1 aromatic heterocycles. The second-order valence-corrected chi connectivity index (χ2v) is 4.59. The number of rotatable bonds is 3. The van der Waals surface area contributed by atoms with Gasteiger partial charge in [0.1, 0.15) is 5.82 Å². The maximum absolute atomic E-state index is 5.27. The molecular weight excluding hydrogens is 230 g/mol. The molecule has 1 aromatic carbocycles. The van der Waals surface area contributed by atoms with E-state index >= 15 is 0 Å². The van der Waals surface area contributed by atoms with Crippen LogP contribution in [0.5, 0.6) is 0 Å². The van der Waals surface area contributed by atoms with E-state index in [1.54, 1.807) is 0 Å². The maximum atomic E-state index is 5.27. The molecule has 0 aliphatic rings. The molecule has 17 heavy (non-hydrogen) atoms. The summed E-state index contributed by atoms with van der Waals surface area (Å²) < 4.78 is 2.04. The lowest BCUT2D eigenvalue weighted by Crippen LogP contribution is -2.01. The van der Waals surface area contributed by atoms with Gasteiger partial charge in [-0.3, -0.25) is 4.57 Å². The SMILES string of the molecule is C#CCSc1nnc(C)n1-c1ccccc1C. The third-order valence-corrected chi connectivity index (χ3v) is 3.27. The first-order valence-electron chi connectivity index (χ1n) is 5.28. The Morgan fingerprint density at radius 2 is 2.06 bits per heavy atom. The standard InChI is InChI=1S/C13H13N3S/c1-4-9-17-13-15-14-11(3)16(13)12-8-6-5-7-10(12)2/h1,5-8H,9H2,2-3H3. The third kappa shape index (κ3) is 2.34. The van der Waals surface area contributed by atoms with Crippen molar-refractivity contribution in [1.29, 1.82) is 0 Å². The quantitative estimate of drug-likeness (QED) is 0.613. The molecule has 1 heterocycles. The van der Waals surface area contributed by atoms with Gasteiger partial charge in [0.2, 0.25) is 0 Å². The van der Waals surface area contributed by atoms with Gasteiger partial charge in [-0.15, -0.1) is 16.6 Å². The van der Waals surface area contributed by atoms with Crippen LogP contribution in [0.4, 0.5) is 0 Å². The number of thioether (sulfide) groups is 1. The smallest absolute Gasteiger partial charge is 0.196 e. The Hall–Kier alpha value is -1.73. The normalized spacial score (nSPS) is 10.2. The largest absolute Gasteiger partial charge is 0.274 e. The Labute approximate surface area is 105 Å². The topological polar surface area (TPSA) is 30.7 Å². The molecule has 0 bridgehead atoms. The number of aryl methyl sites for hydroxylation is 2. The van der Waals surface area contributed by atoms with Gasteiger partial charge in [-0.05, 0) is 25.5 Å². The predicted molar refractivity (Wildman–Crippen MR) is 70.4 cm³/mol. The molecule has 0 aliphatic carbocycles. The number of nitrogens with zero attached hydrogens (tertiary/aromatic N) is 3. The van der Waals surface area contributed by atoms with Crippen molar-refractivity contribution in [2.24, 2.45) is 0 Å². The number of para-hydroxylation sites is 1. The average molecular weight is 243 g/mol. The van der Waals surface area contributed by atoms with E-state index in [2.05, 4.69) is 35.2 Å². The number of terminal acetylenes is 1. The molecule has 3 nitrogen and oxygen atoms in total. The summed E-state index contributed by atoms with van der Waals surface area (Å²) in [7, 11) is 0. The maximum Gasteiger partial charge on any atom is 0.196 e. The molecule has 0 radical (unpaired) electrons. The molecule has 0 fully saturated rings. The summed E-state index contributed by atoms with van der Waals surface area (Å²) in [5, 5.41) is 9.10. The van der Waals surface area contributed by atoms with Crippen molar-refractivity contribution < 1.29 is 0 Å². The van der Waals surface area contributed by atoms with Gasteiger partial charge in [0.15, 0.2) is 5.16 Å². The highest BCUT2D eigenvalue weighted by Gasteiger charge is 2.11.